The molecule has 0 aliphatic carbocycles. The Labute approximate surface area is 118 Å². The Morgan fingerprint density at radius 1 is 1.05 bits per heavy atom. The Morgan fingerprint density at radius 3 is 2.55 bits per heavy atom. The Balaban J connectivity index is 2.11. The summed E-state index contributed by atoms with van der Waals surface area (Å²) in [6.07, 6.45) is 1.83. The van der Waals surface area contributed by atoms with Crippen molar-refractivity contribution in [3.63, 3.8) is 0 Å². The first kappa shape index (κ1) is 12.6. The van der Waals surface area contributed by atoms with Crippen LogP contribution in [-0.4, -0.2) is 9.78 Å². The molecule has 3 aromatic rings. The van der Waals surface area contributed by atoms with Crippen LogP contribution >= 0.6 is 0 Å². The molecule has 0 amide bonds. The molecule has 0 saturated carbocycles. The number of benzene rings is 2. The van der Waals surface area contributed by atoms with Gasteiger partial charge in [0.05, 0.1) is 17.6 Å². The zero-order valence-corrected chi connectivity index (χ0v) is 11.5. The molecule has 3 rings (SSSR count). The molecule has 100 valence electrons. The Kier molecular flexibility index (Phi) is 3.35. The lowest BCUT2D eigenvalue weighted by molar-refractivity contribution is 0.887. The van der Waals surface area contributed by atoms with Crippen LogP contribution in [0.3, 0.4) is 0 Å². The van der Waals surface area contributed by atoms with Crippen LogP contribution in [0.1, 0.15) is 11.1 Å². The van der Waals surface area contributed by atoms with Gasteiger partial charge in [-0.05, 0) is 36.2 Å². The molecule has 0 bridgehead atoms. The zero-order chi connectivity index (χ0) is 13.9. The van der Waals surface area contributed by atoms with Gasteiger partial charge in [0.25, 0.3) is 0 Å². The van der Waals surface area contributed by atoms with Crippen LogP contribution in [0.4, 0.5) is 0 Å². The summed E-state index contributed by atoms with van der Waals surface area (Å²) in [6, 6.07) is 18.5. The van der Waals surface area contributed by atoms with Crippen molar-refractivity contribution in [2.45, 2.75) is 13.5 Å². The Hall–Kier alpha value is -2.39. The van der Waals surface area contributed by atoms with Crippen molar-refractivity contribution in [1.82, 2.24) is 9.78 Å². The lowest BCUT2D eigenvalue weighted by Gasteiger charge is -2.11. The fourth-order valence-electron chi connectivity index (χ4n) is 2.42. The molecule has 3 heteroatoms. The summed E-state index contributed by atoms with van der Waals surface area (Å²) < 4.78 is 1.96. The topological polar surface area (TPSA) is 43.8 Å². The van der Waals surface area contributed by atoms with Crippen molar-refractivity contribution < 1.29 is 0 Å². The summed E-state index contributed by atoms with van der Waals surface area (Å²) >= 11 is 0. The maximum atomic E-state index is 5.69. The molecule has 2 N–H and O–H groups in total. The van der Waals surface area contributed by atoms with Gasteiger partial charge in [-0.2, -0.15) is 5.10 Å². The number of hydrogen-bond donors (Lipinski definition) is 1. The number of aromatic nitrogens is 2. The Morgan fingerprint density at radius 2 is 1.85 bits per heavy atom. The van der Waals surface area contributed by atoms with Gasteiger partial charge < -0.3 is 5.73 Å². The third-order valence-corrected chi connectivity index (χ3v) is 3.45. The van der Waals surface area contributed by atoms with Gasteiger partial charge in [-0.1, -0.05) is 36.4 Å². The second-order valence-corrected chi connectivity index (χ2v) is 4.82. The van der Waals surface area contributed by atoms with Gasteiger partial charge in [-0.15, -0.1) is 0 Å². The molecular weight excluding hydrogens is 246 g/mol. The second kappa shape index (κ2) is 5.31. The first-order valence-electron chi connectivity index (χ1n) is 6.69. The lowest BCUT2D eigenvalue weighted by atomic mass is 10.0. The molecule has 0 atom stereocenters. The average Bonchev–Trinajstić information content (AvgIpc) is 2.97. The van der Waals surface area contributed by atoms with E-state index in [4.69, 9.17) is 5.73 Å². The van der Waals surface area contributed by atoms with Gasteiger partial charge in [0.2, 0.25) is 0 Å². The number of nitrogens with zero attached hydrogens (tertiary/aromatic N) is 2. The molecular formula is C17H17N3. The summed E-state index contributed by atoms with van der Waals surface area (Å²) in [6.45, 7) is 2.68. The molecule has 20 heavy (non-hydrogen) atoms. The molecule has 3 nitrogen and oxygen atoms in total. The molecule has 0 unspecified atom stereocenters. The zero-order valence-electron chi connectivity index (χ0n) is 11.5. The number of para-hydroxylation sites is 1. The predicted molar refractivity (Wildman–Crippen MR) is 81.6 cm³/mol. The van der Waals surface area contributed by atoms with Crippen LogP contribution in [0.15, 0.2) is 60.8 Å². The van der Waals surface area contributed by atoms with Crippen LogP contribution in [0, 0.1) is 6.92 Å². The van der Waals surface area contributed by atoms with E-state index in [2.05, 4.69) is 42.4 Å². The minimum absolute atomic E-state index is 0.569. The number of aryl methyl sites for hydroxylation is 1. The normalized spacial score (nSPS) is 10.7. The third-order valence-electron chi connectivity index (χ3n) is 3.45. The molecule has 0 spiro atoms. The molecule has 2 aromatic carbocycles. The summed E-state index contributed by atoms with van der Waals surface area (Å²) in [4.78, 5) is 0. The quantitative estimate of drug-likeness (QED) is 0.788. The molecule has 0 aliphatic heterocycles. The van der Waals surface area contributed by atoms with Crippen molar-refractivity contribution >= 4 is 0 Å². The van der Waals surface area contributed by atoms with Gasteiger partial charge in [0.1, 0.15) is 0 Å². The fourth-order valence-corrected chi connectivity index (χ4v) is 2.42. The van der Waals surface area contributed by atoms with E-state index < -0.39 is 0 Å². The van der Waals surface area contributed by atoms with Crippen molar-refractivity contribution in [3.05, 3.63) is 71.9 Å². The van der Waals surface area contributed by atoms with Crippen molar-refractivity contribution in [2.24, 2.45) is 5.73 Å². The van der Waals surface area contributed by atoms with E-state index in [1.54, 1.807) is 0 Å². The number of nitrogens with two attached hydrogens (primary N) is 1. The summed E-state index contributed by atoms with van der Waals surface area (Å²) in [7, 11) is 0. The molecule has 1 aromatic heterocycles. The van der Waals surface area contributed by atoms with Crippen LogP contribution in [0.25, 0.3) is 16.9 Å². The summed E-state index contributed by atoms with van der Waals surface area (Å²) in [5.41, 5.74) is 11.4. The fraction of sp³-hybridized carbons (Fsp3) is 0.118. The van der Waals surface area contributed by atoms with E-state index in [0.717, 1.165) is 16.9 Å². The van der Waals surface area contributed by atoms with E-state index in [1.807, 2.05) is 35.1 Å². The standard InChI is InChI=1S/C17H17N3/c1-13-11-14(12-18)7-8-16(13)17-9-10-19-20(17)15-5-3-2-4-6-15/h2-11H,12,18H2,1H3. The van der Waals surface area contributed by atoms with E-state index in [-0.39, 0.29) is 0 Å². The van der Waals surface area contributed by atoms with Crippen molar-refractivity contribution in [3.8, 4) is 16.9 Å². The van der Waals surface area contributed by atoms with Gasteiger partial charge >= 0.3 is 0 Å². The van der Waals surface area contributed by atoms with Gasteiger partial charge in [-0.3, -0.25) is 0 Å². The van der Waals surface area contributed by atoms with Gasteiger partial charge in [0, 0.05) is 12.1 Å². The van der Waals surface area contributed by atoms with Crippen LogP contribution in [0.5, 0.6) is 0 Å². The highest BCUT2D eigenvalue weighted by Crippen LogP contribution is 2.26. The maximum absolute atomic E-state index is 5.69. The van der Waals surface area contributed by atoms with E-state index in [1.165, 1.54) is 11.1 Å². The summed E-state index contributed by atoms with van der Waals surface area (Å²) in [5, 5.41) is 4.44. The lowest BCUT2D eigenvalue weighted by Crippen LogP contribution is -2.01. The summed E-state index contributed by atoms with van der Waals surface area (Å²) in [5.74, 6) is 0. The van der Waals surface area contributed by atoms with Gasteiger partial charge in [0.15, 0.2) is 0 Å². The highest BCUT2D eigenvalue weighted by molar-refractivity contribution is 5.66. The Bertz CT molecular complexity index is 714. The minimum Gasteiger partial charge on any atom is -0.326 e. The molecule has 0 aliphatic rings. The highest BCUT2D eigenvalue weighted by atomic mass is 15.3. The minimum atomic E-state index is 0.569. The molecule has 0 saturated heterocycles. The third kappa shape index (κ3) is 2.24. The molecule has 0 fully saturated rings. The SMILES string of the molecule is Cc1cc(CN)ccc1-c1ccnn1-c1ccccc1. The second-order valence-electron chi connectivity index (χ2n) is 4.82. The molecule has 1 heterocycles. The van der Waals surface area contributed by atoms with Crippen molar-refractivity contribution in [1.29, 1.82) is 0 Å². The monoisotopic (exact) mass is 263 g/mol. The number of rotatable bonds is 3. The molecule has 0 radical (unpaired) electrons. The number of hydrogen-bond acceptors (Lipinski definition) is 2. The van der Waals surface area contributed by atoms with E-state index in [0.29, 0.717) is 6.54 Å². The van der Waals surface area contributed by atoms with Gasteiger partial charge in [-0.25, -0.2) is 4.68 Å². The van der Waals surface area contributed by atoms with Crippen LogP contribution < -0.4 is 5.73 Å². The smallest absolute Gasteiger partial charge is 0.0743 e. The maximum Gasteiger partial charge on any atom is 0.0743 e. The largest absolute Gasteiger partial charge is 0.326 e. The first-order valence-corrected chi connectivity index (χ1v) is 6.69. The van der Waals surface area contributed by atoms with E-state index in [9.17, 15) is 0 Å². The van der Waals surface area contributed by atoms with Crippen molar-refractivity contribution in [2.75, 3.05) is 0 Å². The van der Waals surface area contributed by atoms with Crippen LogP contribution in [0.2, 0.25) is 0 Å². The average molecular weight is 263 g/mol. The predicted octanol–water partition coefficient (Wildman–Crippen LogP) is 3.31. The highest BCUT2D eigenvalue weighted by Gasteiger charge is 2.09. The van der Waals surface area contributed by atoms with Crippen LogP contribution in [-0.2, 0) is 6.54 Å². The van der Waals surface area contributed by atoms with E-state index >= 15 is 0 Å². The first-order chi connectivity index (χ1) is 9.79.